The summed E-state index contributed by atoms with van der Waals surface area (Å²) in [5.41, 5.74) is 15.2. The van der Waals surface area contributed by atoms with E-state index in [1.165, 1.54) is 55.3 Å². The van der Waals surface area contributed by atoms with Crippen LogP contribution in [0.5, 0.6) is 0 Å². The predicted molar refractivity (Wildman–Crippen MR) is 228 cm³/mol. The molecule has 0 fully saturated rings. The maximum Gasteiger partial charge on any atom is 0.164 e. The molecular weight excluding hydrogens is 667 g/mol. The van der Waals surface area contributed by atoms with Gasteiger partial charge in [0.25, 0.3) is 0 Å². The van der Waals surface area contributed by atoms with Gasteiger partial charge in [-0.1, -0.05) is 196 Å². The van der Waals surface area contributed by atoms with E-state index in [1.54, 1.807) is 0 Å². The van der Waals surface area contributed by atoms with Gasteiger partial charge in [0, 0.05) is 22.1 Å². The molecule has 3 heteroatoms. The third-order valence-corrected chi connectivity index (χ3v) is 11.1. The highest BCUT2D eigenvalue weighted by Crippen LogP contribution is 2.54. The van der Waals surface area contributed by atoms with Crippen molar-refractivity contribution in [1.82, 2.24) is 15.0 Å². The predicted octanol–water partition coefficient (Wildman–Crippen LogP) is 13.3. The lowest BCUT2D eigenvalue weighted by Gasteiger charge is -2.24. The Bertz CT molecular complexity index is 2740. The molecule has 0 radical (unpaired) electrons. The summed E-state index contributed by atoms with van der Waals surface area (Å²) in [4.78, 5) is 15.2. The molecule has 0 amide bonds. The van der Waals surface area contributed by atoms with Crippen molar-refractivity contribution < 1.29 is 0 Å². The molecule has 0 aliphatic heterocycles. The Hall–Kier alpha value is -6.97. The normalized spacial score (nSPS) is 12.7. The van der Waals surface area contributed by atoms with E-state index in [2.05, 4.69) is 190 Å². The molecule has 3 nitrogen and oxygen atoms in total. The summed E-state index contributed by atoms with van der Waals surface area (Å²) in [7, 11) is 0. The number of hydrogen-bond acceptors (Lipinski definition) is 3. The summed E-state index contributed by atoms with van der Waals surface area (Å²) >= 11 is 0. The molecule has 10 rings (SSSR count). The van der Waals surface area contributed by atoms with Crippen LogP contribution in [-0.2, 0) is 5.41 Å². The summed E-state index contributed by atoms with van der Waals surface area (Å²) in [6.45, 7) is 4.72. The van der Waals surface area contributed by atoms with Gasteiger partial charge >= 0.3 is 0 Å². The van der Waals surface area contributed by atoms with E-state index in [1.807, 2.05) is 12.1 Å². The maximum absolute atomic E-state index is 5.09. The molecule has 0 saturated heterocycles. The molecule has 1 aromatic heterocycles. The number of nitrogens with zero attached hydrogens (tertiary/aromatic N) is 3. The van der Waals surface area contributed by atoms with Gasteiger partial charge < -0.3 is 0 Å². The van der Waals surface area contributed by atoms with Crippen molar-refractivity contribution in [2.24, 2.45) is 0 Å². The highest BCUT2D eigenvalue weighted by molar-refractivity contribution is 6.04. The van der Waals surface area contributed by atoms with Gasteiger partial charge in [0.05, 0.1) is 0 Å². The van der Waals surface area contributed by atoms with Gasteiger partial charge in [-0.25, -0.2) is 15.0 Å². The topological polar surface area (TPSA) is 38.7 Å². The molecule has 0 unspecified atom stereocenters. The first kappa shape index (κ1) is 32.7. The number of hydrogen-bond donors (Lipinski definition) is 0. The van der Waals surface area contributed by atoms with E-state index in [0.717, 1.165) is 27.8 Å². The second-order valence-corrected chi connectivity index (χ2v) is 14.8. The average Bonchev–Trinajstić information content (AvgIpc) is 3.50. The van der Waals surface area contributed by atoms with E-state index in [0.29, 0.717) is 17.5 Å². The molecule has 1 aliphatic carbocycles. The molecule has 9 aromatic rings. The lowest BCUT2D eigenvalue weighted by Crippen LogP contribution is -2.15. The molecule has 1 heterocycles. The fourth-order valence-corrected chi connectivity index (χ4v) is 8.33. The van der Waals surface area contributed by atoms with Crippen LogP contribution in [0.4, 0.5) is 0 Å². The third kappa shape index (κ3) is 5.73. The van der Waals surface area contributed by atoms with Crippen LogP contribution in [0.25, 0.3) is 89.4 Å². The van der Waals surface area contributed by atoms with Crippen molar-refractivity contribution in [1.29, 1.82) is 0 Å². The van der Waals surface area contributed by atoms with Crippen molar-refractivity contribution in [2.45, 2.75) is 19.3 Å². The fraction of sp³-hybridized carbons (Fsp3) is 0.0577. The number of benzene rings is 8. The smallest absolute Gasteiger partial charge is 0.164 e. The van der Waals surface area contributed by atoms with Gasteiger partial charge in [-0.3, -0.25) is 0 Å². The highest BCUT2D eigenvalue weighted by atomic mass is 15.0. The van der Waals surface area contributed by atoms with Crippen LogP contribution in [0, 0.1) is 0 Å². The first-order chi connectivity index (χ1) is 27.0. The van der Waals surface area contributed by atoms with Crippen LogP contribution in [0.15, 0.2) is 188 Å². The maximum atomic E-state index is 5.09. The second kappa shape index (κ2) is 13.2. The summed E-state index contributed by atoms with van der Waals surface area (Å²) < 4.78 is 0. The molecule has 55 heavy (non-hydrogen) atoms. The van der Waals surface area contributed by atoms with Crippen LogP contribution < -0.4 is 0 Å². The van der Waals surface area contributed by atoms with Gasteiger partial charge in [0.2, 0.25) is 0 Å². The third-order valence-electron chi connectivity index (χ3n) is 11.1. The lowest BCUT2D eigenvalue weighted by atomic mass is 9.79. The zero-order valence-corrected chi connectivity index (χ0v) is 30.7. The summed E-state index contributed by atoms with van der Waals surface area (Å²) in [5.74, 6) is 1.92. The molecular formula is C52H37N3. The first-order valence-corrected chi connectivity index (χ1v) is 18.9. The van der Waals surface area contributed by atoms with E-state index in [4.69, 9.17) is 15.0 Å². The van der Waals surface area contributed by atoms with Crippen molar-refractivity contribution in [3.8, 4) is 78.7 Å². The zero-order chi connectivity index (χ0) is 36.9. The molecule has 0 atom stereocenters. The molecule has 8 aromatic carbocycles. The second-order valence-electron chi connectivity index (χ2n) is 14.8. The lowest BCUT2D eigenvalue weighted by molar-refractivity contribution is 0.666. The van der Waals surface area contributed by atoms with Crippen molar-refractivity contribution in [3.63, 3.8) is 0 Å². The average molecular weight is 704 g/mol. The Labute approximate surface area is 321 Å². The molecule has 1 aliphatic rings. The minimum absolute atomic E-state index is 0.113. The molecule has 0 bridgehead atoms. The Morgan fingerprint density at radius 1 is 0.345 bits per heavy atom. The Morgan fingerprint density at radius 3 is 1.27 bits per heavy atom. The van der Waals surface area contributed by atoms with Gasteiger partial charge in [-0.15, -0.1) is 0 Å². The first-order valence-electron chi connectivity index (χ1n) is 18.9. The largest absolute Gasteiger partial charge is 0.208 e. The number of aromatic nitrogens is 3. The monoisotopic (exact) mass is 703 g/mol. The Balaban J connectivity index is 1.08. The summed E-state index contributed by atoms with van der Waals surface area (Å²) in [6.07, 6.45) is 0. The molecule has 0 spiro atoms. The van der Waals surface area contributed by atoms with Crippen LogP contribution >= 0.6 is 0 Å². The number of fused-ring (bicyclic) bond motifs is 5. The van der Waals surface area contributed by atoms with Crippen molar-refractivity contribution in [2.75, 3.05) is 0 Å². The summed E-state index contributed by atoms with van der Waals surface area (Å²) in [6, 6.07) is 66.6. The van der Waals surface area contributed by atoms with E-state index in [-0.39, 0.29) is 5.41 Å². The SMILES string of the molecule is CC1(C)c2ccccc2-c2c(-c3ccc(-c4nc(-c5ccc(-c6ccccc6)cc5)nc(-c5ccc(-c6ccccc6)cc5)n4)cc3)cc3ccccc3c21. The Morgan fingerprint density at radius 2 is 0.745 bits per heavy atom. The van der Waals surface area contributed by atoms with Crippen molar-refractivity contribution in [3.05, 3.63) is 199 Å². The Kier molecular flexibility index (Phi) is 7.81. The minimum Gasteiger partial charge on any atom is -0.208 e. The minimum atomic E-state index is -0.113. The van der Waals surface area contributed by atoms with Gasteiger partial charge in [-0.2, -0.15) is 0 Å². The highest BCUT2D eigenvalue weighted by Gasteiger charge is 2.38. The van der Waals surface area contributed by atoms with E-state index < -0.39 is 0 Å². The zero-order valence-electron chi connectivity index (χ0n) is 30.7. The molecule has 260 valence electrons. The quantitative estimate of drug-likeness (QED) is 0.173. The van der Waals surface area contributed by atoms with Gasteiger partial charge in [-0.05, 0) is 72.5 Å². The number of rotatable bonds is 6. The van der Waals surface area contributed by atoms with Crippen LogP contribution in [-0.4, -0.2) is 15.0 Å². The van der Waals surface area contributed by atoms with Crippen molar-refractivity contribution >= 4 is 10.8 Å². The molecule has 0 N–H and O–H groups in total. The molecule has 0 saturated carbocycles. The standard InChI is InChI=1S/C52H37N3/c1-52(2)46-20-12-11-19-44(46)47-45(33-42-17-9-10-18-43(42)48(47)52)38-25-31-41(32-26-38)51-54-49(39-27-21-36(22-28-39)34-13-5-3-6-14-34)53-50(55-51)40-29-23-37(24-30-40)35-15-7-4-8-16-35/h3-33H,1-2H3. The fourth-order valence-electron chi connectivity index (χ4n) is 8.33. The van der Waals surface area contributed by atoms with E-state index in [9.17, 15) is 0 Å². The van der Waals surface area contributed by atoms with Gasteiger partial charge in [0.15, 0.2) is 17.5 Å². The van der Waals surface area contributed by atoms with Crippen LogP contribution in [0.2, 0.25) is 0 Å². The van der Waals surface area contributed by atoms with Crippen LogP contribution in [0.3, 0.4) is 0 Å². The summed E-state index contributed by atoms with van der Waals surface area (Å²) in [5, 5.41) is 2.57. The van der Waals surface area contributed by atoms with Gasteiger partial charge in [0.1, 0.15) is 0 Å². The van der Waals surface area contributed by atoms with E-state index >= 15 is 0 Å². The van der Waals surface area contributed by atoms with Crippen LogP contribution in [0.1, 0.15) is 25.0 Å².